The van der Waals surface area contributed by atoms with Gasteiger partial charge in [-0.25, -0.2) is 19.2 Å². The first-order valence-electron chi connectivity index (χ1n) is 14.2. The van der Waals surface area contributed by atoms with Crippen LogP contribution >= 0.6 is 0 Å². The van der Waals surface area contributed by atoms with E-state index in [2.05, 4.69) is 0 Å². The molecule has 3 aliphatic rings. The van der Waals surface area contributed by atoms with E-state index in [4.69, 9.17) is 14.2 Å². The number of carboxylic acid groups (broad SMARTS) is 2. The van der Waals surface area contributed by atoms with Crippen LogP contribution in [0.4, 0.5) is 0 Å². The monoisotopic (exact) mass is 716 g/mol. The van der Waals surface area contributed by atoms with Gasteiger partial charge in [-0.05, 0) is 64.5 Å². The second kappa shape index (κ2) is 12.8. The topological polar surface area (TPSA) is 257 Å². The number of hydrogen-bond acceptors (Lipinski definition) is 14. The third-order valence-electron chi connectivity index (χ3n) is 8.03. The number of benzene rings is 4. The quantitative estimate of drug-likeness (QED) is 0.0654. The summed E-state index contributed by atoms with van der Waals surface area (Å²) < 4.78 is 15.6. The Bertz CT molecular complexity index is 2430. The Labute approximate surface area is 326 Å². The van der Waals surface area contributed by atoms with Crippen molar-refractivity contribution in [3.8, 4) is 23.0 Å². The number of rotatable bonds is 6. The Kier molecular flexibility index (Phi) is 8.74. The van der Waals surface area contributed by atoms with Crippen LogP contribution in [0.5, 0.6) is 23.0 Å². The van der Waals surface area contributed by atoms with Gasteiger partial charge in [0.05, 0.1) is 17.1 Å². The molecule has 0 unspecified atom stereocenters. The number of cyclic esters (lactones) is 2. The first-order valence-corrected chi connectivity index (χ1v) is 14.2. The summed E-state index contributed by atoms with van der Waals surface area (Å²) in [5.41, 5.74) is -3.77. The van der Waals surface area contributed by atoms with Crippen LogP contribution in [0.3, 0.4) is 0 Å². The third-order valence-corrected chi connectivity index (χ3v) is 8.03. The van der Waals surface area contributed by atoms with Gasteiger partial charge in [0.25, 0.3) is 0 Å². The number of aliphatic carboxylic acids is 2. The van der Waals surface area contributed by atoms with Crippen molar-refractivity contribution >= 4 is 62.9 Å². The number of carbonyl (C=O) groups is 5. The van der Waals surface area contributed by atoms with Crippen LogP contribution in [0.25, 0.3) is 33.1 Å². The molecule has 0 aliphatic carbocycles. The van der Waals surface area contributed by atoms with Gasteiger partial charge in [-0.3, -0.25) is 0 Å². The second-order valence-electron chi connectivity index (χ2n) is 10.9. The molecule has 51 heavy (non-hydrogen) atoms. The molecule has 0 amide bonds. The molecule has 0 atom stereocenters. The predicted octanol–water partition coefficient (Wildman–Crippen LogP) is -0.198. The van der Waals surface area contributed by atoms with Crippen molar-refractivity contribution in [1.82, 2.24) is 0 Å². The summed E-state index contributed by atoms with van der Waals surface area (Å²) in [5, 5.41) is 74.4. The largest absolute Gasteiger partial charge is 1.00 e. The second-order valence-corrected chi connectivity index (χ2v) is 10.9. The maximum Gasteiger partial charge on any atom is 1.00 e. The predicted molar refractivity (Wildman–Crippen MR) is 165 cm³/mol. The molecular formula is C35H17KO15. The van der Waals surface area contributed by atoms with Crippen LogP contribution in [0.15, 0.2) is 89.8 Å². The Morgan fingerprint density at radius 3 is 1.67 bits per heavy atom. The number of phenolic OH excluding ortho intramolecular Hbond substituents is 3. The molecule has 0 radical (unpaired) electrons. The standard InChI is InChI=1S/C35H18O15.K/c36-15-5-1-12(2-6-15)22(31(41)42)29-26(39)21(34(46)49-29)14-9-17-18(11-20(38)28-24(17)19(10-14)33(45)48-28)25-27(40)30(50-35(25)47)23(32(43)44)13-3-7-16(37)8-4-13;/h1-11,36-40H,(H,41,42)(H,43,44);/q;+1/p-1/b29-22+,30-23+;. The number of hydrogen-bond donors (Lipinski definition) is 6. The zero-order chi connectivity index (χ0) is 35.8. The third kappa shape index (κ3) is 5.60. The Hall–Kier alpha value is -5.91. The summed E-state index contributed by atoms with van der Waals surface area (Å²) in [7, 11) is 0. The zero-order valence-corrected chi connectivity index (χ0v) is 28.8. The summed E-state index contributed by atoms with van der Waals surface area (Å²) >= 11 is 0. The number of phenols is 3. The SMILES string of the molecule is O=C1O/C(=C(/C(=O)[O-])c2ccc(O)cc2)C(O)=C1c1cc2c3c(c(O)cc(C4=C(O)/C(=C(\C(=O)O)c5ccc(O)cc5)OC4=O)c3c1)OC2=O.[K+]. The summed E-state index contributed by atoms with van der Waals surface area (Å²) in [4.78, 5) is 63.9. The van der Waals surface area contributed by atoms with E-state index in [-0.39, 0.29) is 107 Å². The van der Waals surface area contributed by atoms with Crippen molar-refractivity contribution in [2.75, 3.05) is 0 Å². The molecule has 3 heterocycles. The van der Waals surface area contributed by atoms with Gasteiger partial charge in [0, 0.05) is 10.9 Å². The van der Waals surface area contributed by atoms with Gasteiger partial charge in [-0.15, -0.1) is 0 Å². The van der Waals surface area contributed by atoms with Crippen molar-refractivity contribution in [2.45, 2.75) is 0 Å². The van der Waals surface area contributed by atoms with Crippen LogP contribution in [0.2, 0.25) is 0 Å². The zero-order valence-electron chi connectivity index (χ0n) is 25.7. The fourth-order valence-electron chi connectivity index (χ4n) is 5.86. The number of esters is 3. The van der Waals surface area contributed by atoms with E-state index in [0.717, 1.165) is 42.5 Å². The van der Waals surface area contributed by atoms with E-state index < -0.39 is 80.9 Å². The molecule has 248 valence electrons. The van der Waals surface area contributed by atoms with Crippen molar-refractivity contribution in [1.29, 1.82) is 0 Å². The number of carbonyl (C=O) groups excluding carboxylic acids is 4. The van der Waals surface area contributed by atoms with Crippen LogP contribution in [-0.4, -0.2) is 60.5 Å². The molecule has 6 N–H and O–H groups in total. The molecule has 0 saturated heterocycles. The fourth-order valence-corrected chi connectivity index (χ4v) is 5.86. The molecule has 0 saturated carbocycles. The molecule has 0 spiro atoms. The van der Waals surface area contributed by atoms with Crippen LogP contribution < -0.4 is 61.2 Å². The molecule has 4 aromatic rings. The molecule has 4 aromatic carbocycles. The van der Waals surface area contributed by atoms with Gasteiger partial charge in [0.1, 0.15) is 28.2 Å². The summed E-state index contributed by atoms with van der Waals surface area (Å²) in [6.07, 6.45) is 0. The smallest absolute Gasteiger partial charge is 0.545 e. The summed E-state index contributed by atoms with van der Waals surface area (Å²) in [6.45, 7) is 0. The van der Waals surface area contributed by atoms with E-state index in [1.807, 2.05) is 0 Å². The maximum absolute atomic E-state index is 13.3. The molecule has 7 rings (SSSR count). The first-order chi connectivity index (χ1) is 23.8. The first kappa shape index (κ1) is 34.9. The summed E-state index contributed by atoms with van der Waals surface area (Å²) in [6, 6.07) is 12.5. The van der Waals surface area contributed by atoms with Crippen molar-refractivity contribution in [3.63, 3.8) is 0 Å². The summed E-state index contributed by atoms with van der Waals surface area (Å²) in [5.74, 6) is -12.0. The Morgan fingerprint density at radius 2 is 1.12 bits per heavy atom. The molecular weight excluding hydrogens is 699 g/mol. The van der Waals surface area contributed by atoms with Crippen LogP contribution in [0.1, 0.15) is 32.6 Å². The molecule has 16 heteroatoms. The normalized spacial score (nSPS) is 16.9. The number of ether oxygens (including phenoxy) is 3. The minimum atomic E-state index is -1.85. The van der Waals surface area contributed by atoms with Crippen LogP contribution in [-0.2, 0) is 28.7 Å². The van der Waals surface area contributed by atoms with Crippen LogP contribution in [0, 0.1) is 0 Å². The van der Waals surface area contributed by atoms with Crippen molar-refractivity contribution in [2.24, 2.45) is 0 Å². The maximum atomic E-state index is 13.3. The van der Waals surface area contributed by atoms with E-state index >= 15 is 0 Å². The minimum Gasteiger partial charge on any atom is -0.545 e. The number of carboxylic acids is 2. The minimum absolute atomic E-state index is 0. The van der Waals surface area contributed by atoms with Crippen molar-refractivity contribution in [3.05, 3.63) is 118 Å². The molecule has 0 bridgehead atoms. The Balaban J connectivity index is 0.00000448. The molecule has 3 aliphatic heterocycles. The average molecular weight is 717 g/mol. The molecule has 0 fully saturated rings. The van der Waals surface area contributed by atoms with Gasteiger partial charge in [-0.2, -0.15) is 0 Å². The molecule has 0 aromatic heterocycles. The van der Waals surface area contributed by atoms with Gasteiger partial charge in [0.2, 0.25) is 0 Å². The Morgan fingerprint density at radius 1 is 0.608 bits per heavy atom. The van der Waals surface area contributed by atoms with E-state index in [0.29, 0.717) is 0 Å². The average Bonchev–Trinajstić information content (AvgIpc) is 3.66. The number of aliphatic hydroxyl groups excluding tert-OH is 2. The van der Waals surface area contributed by atoms with Gasteiger partial charge in [0.15, 0.2) is 34.5 Å². The van der Waals surface area contributed by atoms with Gasteiger partial charge < -0.3 is 54.8 Å². The van der Waals surface area contributed by atoms with Gasteiger partial charge >= 0.3 is 75.3 Å². The van der Waals surface area contributed by atoms with E-state index in [1.54, 1.807) is 0 Å². The molecule has 15 nitrogen and oxygen atoms in total. The van der Waals surface area contributed by atoms with Gasteiger partial charge in [-0.1, -0.05) is 24.3 Å². The fraction of sp³-hybridized carbons (Fsp3) is 0. The number of aromatic hydroxyl groups is 3. The number of aliphatic hydroxyl groups is 2. The van der Waals surface area contributed by atoms with E-state index in [9.17, 15) is 59.7 Å². The van der Waals surface area contributed by atoms with E-state index in [1.165, 1.54) is 24.3 Å². The van der Waals surface area contributed by atoms with Crippen molar-refractivity contribution < 1.29 is 125 Å².